The van der Waals surface area contributed by atoms with Crippen LogP contribution in [0, 0.1) is 5.92 Å². The Kier molecular flexibility index (Phi) is 4.52. The van der Waals surface area contributed by atoms with Crippen LogP contribution in [-0.4, -0.2) is 32.2 Å². The summed E-state index contributed by atoms with van der Waals surface area (Å²) in [7, 11) is 1.33. The van der Waals surface area contributed by atoms with Crippen LogP contribution >= 0.6 is 28.3 Å². The number of fused-ring (bicyclic) bond motifs is 2. The molecule has 0 fully saturated rings. The van der Waals surface area contributed by atoms with Crippen LogP contribution in [0.3, 0.4) is 0 Å². The molecule has 1 atom stereocenters. The molecule has 136 valence electrons. The third kappa shape index (κ3) is 2.83. The Bertz CT molecular complexity index is 1020. The number of rotatable bonds is 3. The van der Waals surface area contributed by atoms with Crippen LogP contribution < -0.4 is 0 Å². The summed E-state index contributed by atoms with van der Waals surface area (Å²) in [5.74, 6) is 0.573. The Hall–Kier alpha value is -1.87. The molecule has 1 aliphatic rings. The summed E-state index contributed by atoms with van der Waals surface area (Å²) in [5, 5.41) is 4.41. The molecule has 0 saturated carbocycles. The Labute approximate surface area is 162 Å². The van der Waals surface area contributed by atoms with E-state index in [-0.39, 0.29) is 12.3 Å². The van der Waals surface area contributed by atoms with Crippen molar-refractivity contribution in [3.05, 3.63) is 33.4 Å². The highest BCUT2D eigenvalue weighted by Gasteiger charge is 2.27. The molecule has 1 aromatic carbocycles. The van der Waals surface area contributed by atoms with Crippen molar-refractivity contribution in [2.75, 3.05) is 7.11 Å². The molecule has 0 saturated heterocycles. The van der Waals surface area contributed by atoms with Gasteiger partial charge in [-0.05, 0) is 37.3 Å². The van der Waals surface area contributed by atoms with E-state index in [4.69, 9.17) is 4.74 Å². The lowest BCUT2D eigenvalue weighted by molar-refractivity contribution is 0.0602. The molecule has 1 aliphatic carbocycles. The van der Waals surface area contributed by atoms with Crippen molar-refractivity contribution in [1.82, 2.24) is 19.2 Å². The maximum atomic E-state index is 13.3. The molecule has 4 rings (SSSR count). The molecule has 1 N–H and O–H groups in total. The smallest absolute Gasteiger partial charge is 0.340 e. The van der Waals surface area contributed by atoms with E-state index in [2.05, 4.69) is 37.9 Å². The summed E-state index contributed by atoms with van der Waals surface area (Å²) in [4.78, 5) is 19.9. The van der Waals surface area contributed by atoms with Gasteiger partial charge in [0.1, 0.15) is 11.2 Å². The summed E-state index contributed by atoms with van der Waals surface area (Å²) >= 11 is 3.50. The third-order valence-electron chi connectivity index (χ3n) is 4.73. The van der Waals surface area contributed by atoms with E-state index in [1.807, 2.05) is 6.07 Å². The molecule has 1 unspecified atom stereocenters. The monoisotopic (exact) mass is 438 g/mol. The summed E-state index contributed by atoms with van der Waals surface area (Å²) in [6.45, 7) is 2.18. The predicted octanol–water partition coefficient (Wildman–Crippen LogP) is 4.48. The van der Waals surface area contributed by atoms with Gasteiger partial charge in [0.25, 0.3) is 0 Å². The number of esters is 1. The van der Waals surface area contributed by atoms with Crippen molar-refractivity contribution in [3.63, 3.8) is 0 Å². The van der Waals surface area contributed by atoms with Crippen LogP contribution in [0.1, 0.15) is 35.0 Å². The zero-order valence-corrected chi connectivity index (χ0v) is 16.6. The maximum Gasteiger partial charge on any atom is 0.340 e. The van der Waals surface area contributed by atoms with Crippen LogP contribution in [0.15, 0.2) is 16.6 Å². The number of methoxy groups -OCH3 is 1. The van der Waals surface area contributed by atoms with E-state index in [1.54, 1.807) is 6.07 Å². The van der Waals surface area contributed by atoms with Gasteiger partial charge in [0.15, 0.2) is 18.2 Å². The van der Waals surface area contributed by atoms with Crippen LogP contribution in [0.5, 0.6) is 0 Å². The number of aromatic nitrogens is 4. The van der Waals surface area contributed by atoms with Crippen molar-refractivity contribution in [3.8, 4) is 11.5 Å². The molecule has 2 heterocycles. The molecule has 0 radical (unpaired) electrons. The first-order valence-corrected chi connectivity index (χ1v) is 9.66. The quantitative estimate of drug-likeness (QED) is 0.610. The van der Waals surface area contributed by atoms with Gasteiger partial charge in [0.2, 0.25) is 0 Å². The number of carbonyl (C=O) groups is 1. The molecule has 9 heteroatoms. The number of nitrogens with one attached hydrogen (secondary N) is 1. The minimum absolute atomic E-state index is 0.103. The van der Waals surface area contributed by atoms with Gasteiger partial charge in [-0.25, -0.2) is 9.78 Å². The molecule has 0 bridgehead atoms. The van der Waals surface area contributed by atoms with E-state index in [0.29, 0.717) is 34.0 Å². The van der Waals surface area contributed by atoms with Crippen molar-refractivity contribution < 1.29 is 13.4 Å². The van der Waals surface area contributed by atoms with Crippen LogP contribution in [-0.2, 0) is 17.6 Å². The highest BCUT2D eigenvalue weighted by molar-refractivity contribution is 9.10. The van der Waals surface area contributed by atoms with Gasteiger partial charge in [0, 0.05) is 10.0 Å². The zero-order chi connectivity index (χ0) is 18.4. The van der Waals surface area contributed by atoms with Crippen LogP contribution in [0.2, 0.25) is 0 Å². The summed E-state index contributed by atoms with van der Waals surface area (Å²) in [6, 6.07) is 3.51. The molecule has 6 nitrogen and oxygen atoms in total. The van der Waals surface area contributed by atoms with Crippen molar-refractivity contribution in [2.45, 2.75) is 26.2 Å². The van der Waals surface area contributed by atoms with Crippen LogP contribution in [0.4, 0.5) is 3.89 Å². The van der Waals surface area contributed by atoms with Gasteiger partial charge in [0.05, 0.1) is 23.9 Å². The summed E-state index contributed by atoms with van der Waals surface area (Å²) < 4.78 is 20.3. The average Bonchev–Trinajstić information content (AvgIpc) is 3.20. The number of halogens is 2. The topological polar surface area (TPSA) is 72.8 Å². The largest absolute Gasteiger partial charge is 0.465 e. The minimum atomic E-state index is -0.463. The fourth-order valence-corrected chi connectivity index (χ4v) is 4.32. The van der Waals surface area contributed by atoms with Crippen molar-refractivity contribution in [1.29, 1.82) is 0 Å². The number of H-pyrrole nitrogens is 1. The first-order chi connectivity index (χ1) is 12.5. The maximum absolute atomic E-state index is 13.3. The number of hydrogen-bond donors (Lipinski definition) is 1. The van der Waals surface area contributed by atoms with Gasteiger partial charge in [-0.15, -0.1) is 3.89 Å². The molecular formula is C17H16BrFN4O2S. The van der Waals surface area contributed by atoms with Gasteiger partial charge in [-0.2, -0.15) is 9.19 Å². The summed E-state index contributed by atoms with van der Waals surface area (Å²) in [6.07, 6.45) is 2.63. The fraction of sp³-hybridized carbons (Fsp3) is 0.353. The lowest BCUT2D eigenvalue weighted by Gasteiger charge is -2.18. The normalized spacial score (nSPS) is 16.7. The standard InChI is InChI=1S/C17H16BrFN4O2S/c1-8-3-4-13-10(5-8)15(22-23(13)26-19)16-20-12-7-9(18)6-11(14(12)21-16)17(24)25-2/h6-8H,3-5H2,1-2H3,(H,20,21). The Morgan fingerprint density at radius 1 is 1.50 bits per heavy atom. The van der Waals surface area contributed by atoms with Crippen molar-refractivity contribution >= 4 is 45.3 Å². The van der Waals surface area contributed by atoms with Gasteiger partial charge in [-0.3, -0.25) is 0 Å². The number of ether oxygens (including phenoxy) is 1. The third-order valence-corrected chi connectivity index (χ3v) is 5.62. The first-order valence-electron chi connectivity index (χ1n) is 8.19. The number of imidazole rings is 1. The molecule has 0 amide bonds. The molecule has 26 heavy (non-hydrogen) atoms. The van der Waals surface area contributed by atoms with E-state index in [0.717, 1.165) is 35.0 Å². The number of carbonyl (C=O) groups excluding carboxylic acids is 1. The lowest BCUT2D eigenvalue weighted by Crippen LogP contribution is -2.12. The molecule has 0 aliphatic heterocycles. The van der Waals surface area contributed by atoms with E-state index in [1.165, 1.54) is 11.2 Å². The van der Waals surface area contributed by atoms with Gasteiger partial charge < -0.3 is 9.72 Å². The second-order valence-corrected chi connectivity index (χ2v) is 7.89. The Morgan fingerprint density at radius 2 is 2.31 bits per heavy atom. The van der Waals surface area contributed by atoms with Gasteiger partial charge >= 0.3 is 5.97 Å². The molecular weight excluding hydrogens is 423 g/mol. The number of hydrogen-bond acceptors (Lipinski definition) is 5. The molecule has 3 aromatic rings. The summed E-state index contributed by atoms with van der Waals surface area (Å²) in [5.41, 5.74) is 4.12. The number of aromatic amines is 1. The SMILES string of the molecule is COC(=O)c1cc(Br)cc2[nH]c(-c3nn(SF)c4c3CC(C)CC4)nc12. The second kappa shape index (κ2) is 6.70. The van der Waals surface area contributed by atoms with Crippen LogP contribution in [0.25, 0.3) is 22.6 Å². The molecule has 2 aromatic heterocycles. The first kappa shape index (κ1) is 17.5. The molecule has 0 spiro atoms. The van der Waals surface area contributed by atoms with E-state index in [9.17, 15) is 8.68 Å². The lowest BCUT2D eigenvalue weighted by atomic mass is 9.88. The van der Waals surface area contributed by atoms with Gasteiger partial charge in [-0.1, -0.05) is 22.9 Å². The Balaban J connectivity index is 1.91. The number of nitrogens with zero attached hydrogens (tertiary/aromatic N) is 3. The highest BCUT2D eigenvalue weighted by atomic mass is 79.9. The van der Waals surface area contributed by atoms with Crippen molar-refractivity contribution in [2.24, 2.45) is 5.92 Å². The second-order valence-electron chi connectivity index (χ2n) is 6.49. The zero-order valence-electron chi connectivity index (χ0n) is 14.2. The Morgan fingerprint density at radius 3 is 3.04 bits per heavy atom. The fourth-order valence-electron chi connectivity index (χ4n) is 3.47. The minimum Gasteiger partial charge on any atom is -0.465 e. The average molecular weight is 439 g/mol. The predicted molar refractivity (Wildman–Crippen MR) is 102 cm³/mol. The highest BCUT2D eigenvalue weighted by Crippen LogP contribution is 2.35. The van der Waals surface area contributed by atoms with E-state index >= 15 is 0 Å². The van der Waals surface area contributed by atoms with E-state index < -0.39 is 5.97 Å². The number of benzene rings is 1.